The van der Waals surface area contributed by atoms with Crippen LogP contribution in [0.3, 0.4) is 0 Å². The first-order valence-corrected chi connectivity index (χ1v) is 37.7. The Hall–Kier alpha value is -3.33. The van der Waals surface area contributed by atoms with Gasteiger partial charge in [-0.15, -0.1) is 0 Å². The zero-order valence-electron chi connectivity index (χ0n) is 57.4. The van der Waals surface area contributed by atoms with Crippen molar-refractivity contribution >= 4 is 19.7 Å². The number of nitrogens with zero attached hydrogens (tertiary/aromatic N) is 1. The van der Waals surface area contributed by atoms with E-state index in [4.69, 9.17) is 13.8 Å². The number of rotatable bonds is 65. The van der Waals surface area contributed by atoms with Gasteiger partial charge in [0.25, 0.3) is 7.82 Å². The van der Waals surface area contributed by atoms with E-state index < -0.39 is 26.6 Å². The fraction of sp³-hybridized carbons (Fsp3) is 0.740. The average Bonchev–Trinajstić information content (AvgIpc) is 3.69. The predicted molar refractivity (Wildman–Crippen MR) is 376 cm³/mol. The normalized spacial score (nSPS) is 14.1. The van der Waals surface area contributed by atoms with Crippen molar-refractivity contribution in [2.24, 2.45) is 0 Å². The SMILES string of the molecule is CC/C=C\C/C=C\C/C=C\C/C=C\C/C=C\C/C=C\CCCCC(=O)NC(COP(=O)([O-])OCC[N+](C)(C)C)C(/C=C\CCCCCCCCCCCCC)OC(=O)CCCCCCCCCCCCCCCCCCC/C=C\C/C=C\CCCCC. The van der Waals surface area contributed by atoms with Crippen LogP contribution in [0.25, 0.3) is 0 Å². The number of esters is 1. The molecule has 0 saturated heterocycles. The summed E-state index contributed by atoms with van der Waals surface area (Å²) >= 11 is 0. The maximum Gasteiger partial charge on any atom is 0.306 e. The van der Waals surface area contributed by atoms with Gasteiger partial charge in [0.1, 0.15) is 19.3 Å². The Morgan fingerprint density at radius 2 is 0.736 bits per heavy atom. The van der Waals surface area contributed by atoms with Crippen LogP contribution >= 0.6 is 7.82 Å². The van der Waals surface area contributed by atoms with E-state index in [-0.39, 0.29) is 31.3 Å². The summed E-state index contributed by atoms with van der Waals surface area (Å²) in [6, 6.07) is -0.918. The van der Waals surface area contributed by atoms with E-state index in [1.54, 1.807) is 0 Å². The Labute approximate surface area is 538 Å². The third-order valence-electron chi connectivity index (χ3n) is 15.7. The number of carbonyl (C=O) groups excluding carboxylic acids is 2. The summed E-state index contributed by atoms with van der Waals surface area (Å²) in [6.07, 6.45) is 90.8. The monoisotopic (exact) mass is 1230 g/mol. The predicted octanol–water partition coefficient (Wildman–Crippen LogP) is 22.6. The van der Waals surface area contributed by atoms with Crippen molar-refractivity contribution in [3.63, 3.8) is 0 Å². The van der Waals surface area contributed by atoms with Crippen LogP contribution in [0, 0.1) is 0 Å². The van der Waals surface area contributed by atoms with Crippen LogP contribution in [0.4, 0.5) is 0 Å². The summed E-state index contributed by atoms with van der Waals surface area (Å²) in [5.74, 6) is -0.587. The number of ether oxygens (including phenoxy) is 1. The van der Waals surface area contributed by atoms with Crippen molar-refractivity contribution in [3.8, 4) is 0 Å². The minimum Gasteiger partial charge on any atom is -0.756 e. The Balaban J connectivity index is 5.12. The molecular formula is C77H137N2O7P. The van der Waals surface area contributed by atoms with E-state index in [2.05, 4.69) is 123 Å². The second kappa shape index (κ2) is 65.6. The highest BCUT2D eigenvalue weighted by atomic mass is 31.2. The maximum atomic E-state index is 13.6. The Bertz CT molecular complexity index is 1860. The summed E-state index contributed by atoms with van der Waals surface area (Å²) in [6.45, 7) is 6.69. The van der Waals surface area contributed by atoms with Crippen LogP contribution < -0.4 is 10.2 Å². The van der Waals surface area contributed by atoms with E-state index >= 15 is 0 Å². The molecule has 0 aromatic heterocycles. The molecule has 0 aliphatic heterocycles. The lowest BCUT2D eigenvalue weighted by molar-refractivity contribution is -0.870. The van der Waals surface area contributed by atoms with E-state index in [0.29, 0.717) is 17.4 Å². The summed E-state index contributed by atoms with van der Waals surface area (Å²) in [4.78, 5) is 40.2. The molecule has 0 spiro atoms. The molecule has 0 aliphatic rings. The van der Waals surface area contributed by atoms with Crippen LogP contribution in [-0.4, -0.2) is 69.4 Å². The van der Waals surface area contributed by atoms with Gasteiger partial charge in [-0.3, -0.25) is 14.2 Å². The number of carbonyl (C=O) groups is 2. The first kappa shape index (κ1) is 83.7. The van der Waals surface area contributed by atoms with E-state index in [0.717, 1.165) is 96.3 Å². The Kier molecular flexibility index (Phi) is 63.1. The van der Waals surface area contributed by atoms with E-state index in [1.807, 2.05) is 33.3 Å². The highest BCUT2D eigenvalue weighted by Gasteiger charge is 2.27. The van der Waals surface area contributed by atoms with Crippen molar-refractivity contribution in [3.05, 3.63) is 109 Å². The zero-order valence-corrected chi connectivity index (χ0v) is 58.3. The fourth-order valence-electron chi connectivity index (χ4n) is 10.1. The maximum absolute atomic E-state index is 13.6. The summed E-state index contributed by atoms with van der Waals surface area (Å²) in [5, 5.41) is 3.02. The molecule has 9 nitrogen and oxygen atoms in total. The summed E-state index contributed by atoms with van der Waals surface area (Å²) in [5.41, 5.74) is 0. The van der Waals surface area contributed by atoms with Crippen molar-refractivity contribution < 1.29 is 37.3 Å². The lowest BCUT2D eigenvalue weighted by Crippen LogP contribution is -2.47. The van der Waals surface area contributed by atoms with Gasteiger partial charge in [-0.05, 0) is 115 Å². The molecule has 0 aliphatic carbocycles. The number of phosphoric acid groups is 1. The van der Waals surface area contributed by atoms with Gasteiger partial charge in [0.05, 0.1) is 33.8 Å². The molecule has 0 rings (SSSR count). The van der Waals surface area contributed by atoms with Crippen LogP contribution in [0.2, 0.25) is 0 Å². The van der Waals surface area contributed by atoms with Gasteiger partial charge in [0, 0.05) is 12.8 Å². The van der Waals surface area contributed by atoms with Crippen LogP contribution in [0.15, 0.2) is 109 Å². The highest BCUT2D eigenvalue weighted by Crippen LogP contribution is 2.38. The zero-order chi connectivity index (χ0) is 63.5. The number of hydrogen-bond acceptors (Lipinski definition) is 7. The van der Waals surface area contributed by atoms with Crippen LogP contribution in [-0.2, 0) is 27.9 Å². The molecule has 3 unspecified atom stereocenters. The van der Waals surface area contributed by atoms with Gasteiger partial charge in [-0.1, -0.05) is 297 Å². The van der Waals surface area contributed by atoms with E-state index in [9.17, 15) is 19.0 Å². The molecule has 1 N–H and O–H groups in total. The number of hydrogen-bond donors (Lipinski definition) is 1. The minimum absolute atomic E-state index is 0.0348. The molecule has 0 aromatic rings. The van der Waals surface area contributed by atoms with Gasteiger partial charge in [0.15, 0.2) is 0 Å². The van der Waals surface area contributed by atoms with Crippen molar-refractivity contribution in [1.29, 1.82) is 0 Å². The number of unbranched alkanes of at least 4 members (excludes halogenated alkanes) is 33. The first-order valence-electron chi connectivity index (χ1n) is 36.2. The highest BCUT2D eigenvalue weighted by molar-refractivity contribution is 7.45. The smallest absolute Gasteiger partial charge is 0.306 e. The molecule has 87 heavy (non-hydrogen) atoms. The molecule has 10 heteroatoms. The van der Waals surface area contributed by atoms with Gasteiger partial charge >= 0.3 is 5.97 Å². The second-order valence-corrected chi connectivity index (χ2v) is 26.8. The van der Waals surface area contributed by atoms with Crippen molar-refractivity contribution in [2.45, 2.75) is 328 Å². The first-order chi connectivity index (χ1) is 42.4. The Morgan fingerprint density at radius 3 is 1.14 bits per heavy atom. The molecule has 502 valence electrons. The quantitative estimate of drug-likeness (QED) is 0.0212. The lowest BCUT2D eigenvalue weighted by Gasteiger charge is -2.30. The van der Waals surface area contributed by atoms with Crippen molar-refractivity contribution in [2.75, 3.05) is 40.9 Å². The number of nitrogens with one attached hydrogen (secondary N) is 1. The number of allylic oxidation sites excluding steroid dienone is 17. The molecule has 0 heterocycles. The topological polar surface area (TPSA) is 114 Å². The third kappa shape index (κ3) is 66.9. The van der Waals surface area contributed by atoms with Crippen LogP contribution in [0.5, 0.6) is 0 Å². The fourth-order valence-corrected chi connectivity index (χ4v) is 10.9. The lowest BCUT2D eigenvalue weighted by atomic mass is 10.0. The number of phosphoric ester groups is 1. The van der Waals surface area contributed by atoms with Gasteiger partial charge in [0.2, 0.25) is 5.91 Å². The standard InChI is InChI=1S/C77H137N2O7P/c1-7-10-13-16-19-22-25-28-30-32-34-36-37-38-39-40-41-43-45-47-49-52-55-58-61-64-67-70-77(81)86-75(68-65-62-59-56-53-50-27-24-21-18-15-12-9-3)74(73-85-87(82,83)84-72-71-79(4,5)6)78-76(80)69-66-63-60-57-54-51-48-46-44-42-35-33-31-29-26-23-20-17-14-11-8-2/h11,14,19-20,22-23,28-31,35,42,46,48,54,57,65,68,74-75H,7-10,12-13,15-18,21,24-27,32-34,36-41,43-45,47,49-53,55-56,58-64,66-67,69-73H2,1-6H3,(H-,78,80,82,83)/b14-11-,22-19-,23-20-,30-28-,31-29-,42-35-,48-46-,57-54-,68-65-. The number of likely N-dealkylation sites (N-methyl/N-ethyl adjacent to an activating group) is 1. The average molecular weight is 1230 g/mol. The van der Waals surface area contributed by atoms with E-state index in [1.165, 1.54) is 180 Å². The molecule has 1 amide bonds. The minimum atomic E-state index is -4.72. The van der Waals surface area contributed by atoms with Gasteiger partial charge in [-0.25, -0.2) is 0 Å². The van der Waals surface area contributed by atoms with Gasteiger partial charge < -0.3 is 28.5 Å². The van der Waals surface area contributed by atoms with Gasteiger partial charge in [-0.2, -0.15) is 0 Å². The molecule has 0 bridgehead atoms. The third-order valence-corrected chi connectivity index (χ3v) is 16.7. The molecule has 3 atom stereocenters. The molecule has 0 aromatic carbocycles. The second-order valence-electron chi connectivity index (χ2n) is 25.4. The molecular weight excluding hydrogens is 1100 g/mol. The molecule has 0 radical (unpaired) electrons. The number of amides is 1. The van der Waals surface area contributed by atoms with Crippen LogP contribution in [0.1, 0.15) is 316 Å². The Morgan fingerprint density at radius 1 is 0.414 bits per heavy atom. The number of quaternary nitrogens is 1. The largest absolute Gasteiger partial charge is 0.756 e. The van der Waals surface area contributed by atoms with Crippen molar-refractivity contribution in [1.82, 2.24) is 5.32 Å². The molecule has 0 fully saturated rings. The summed E-state index contributed by atoms with van der Waals surface area (Å²) in [7, 11) is 1.15. The summed E-state index contributed by atoms with van der Waals surface area (Å²) < 4.78 is 30.4. The molecule has 0 saturated carbocycles.